The molecule has 0 bridgehead atoms. The number of hydrogen-bond acceptors (Lipinski definition) is 3. The summed E-state index contributed by atoms with van der Waals surface area (Å²) in [6, 6.07) is 20.2. The standard InChI is InChI=1S/C28H29Cl2FN2O2S/c1-19(2)32-28(35)26(15-20-6-4-3-5-7-20)33(16-21-8-11-23(31)12-9-21)27(34)18-36-17-22-10-13-24(29)25(30)14-22/h3-14,19,26H,15-18H2,1-2H3,(H,32,35). The van der Waals surface area contributed by atoms with Gasteiger partial charge in [0.1, 0.15) is 11.9 Å². The van der Waals surface area contributed by atoms with Crippen molar-refractivity contribution in [2.75, 3.05) is 5.75 Å². The van der Waals surface area contributed by atoms with Gasteiger partial charge in [-0.15, -0.1) is 11.8 Å². The van der Waals surface area contributed by atoms with Crippen molar-refractivity contribution in [3.8, 4) is 0 Å². The second-order valence-corrected chi connectivity index (χ2v) is 10.6. The van der Waals surface area contributed by atoms with Gasteiger partial charge in [0.25, 0.3) is 0 Å². The van der Waals surface area contributed by atoms with Gasteiger partial charge in [-0.05, 0) is 54.8 Å². The van der Waals surface area contributed by atoms with Crippen LogP contribution in [-0.2, 0) is 28.3 Å². The Hall–Kier alpha value is -2.54. The molecule has 36 heavy (non-hydrogen) atoms. The third-order valence-electron chi connectivity index (χ3n) is 5.45. The van der Waals surface area contributed by atoms with Crippen molar-refractivity contribution in [2.24, 2.45) is 0 Å². The highest BCUT2D eigenvalue weighted by Crippen LogP contribution is 2.25. The number of benzene rings is 3. The number of halogens is 3. The van der Waals surface area contributed by atoms with E-state index in [1.165, 1.54) is 23.9 Å². The summed E-state index contributed by atoms with van der Waals surface area (Å²) in [5, 5.41) is 3.90. The number of nitrogens with zero attached hydrogens (tertiary/aromatic N) is 1. The van der Waals surface area contributed by atoms with Gasteiger partial charge in [0, 0.05) is 24.8 Å². The number of carbonyl (C=O) groups excluding carboxylic acids is 2. The lowest BCUT2D eigenvalue weighted by Crippen LogP contribution is -2.52. The van der Waals surface area contributed by atoms with E-state index in [4.69, 9.17) is 23.2 Å². The van der Waals surface area contributed by atoms with E-state index < -0.39 is 6.04 Å². The molecule has 190 valence electrons. The summed E-state index contributed by atoms with van der Waals surface area (Å²) in [6.07, 6.45) is 0.365. The van der Waals surface area contributed by atoms with Crippen molar-refractivity contribution in [2.45, 2.75) is 44.6 Å². The summed E-state index contributed by atoms with van der Waals surface area (Å²) in [7, 11) is 0. The third kappa shape index (κ3) is 8.54. The summed E-state index contributed by atoms with van der Waals surface area (Å²) in [4.78, 5) is 28.5. The molecule has 0 saturated heterocycles. The van der Waals surface area contributed by atoms with Gasteiger partial charge < -0.3 is 10.2 Å². The van der Waals surface area contributed by atoms with Gasteiger partial charge in [0.15, 0.2) is 0 Å². The van der Waals surface area contributed by atoms with E-state index in [0.29, 0.717) is 22.2 Å². The van der Waals surface area contributed by atoms with E-state index in [2.05, 4.69) is 5.32 Å². The molecule has 0 saturated carbocycles. The van der Waals surface area contributed by atoms with E-state index in [1.54, 1.807) is 29.2 Å². The van der Waals surface area contributed by atoms with Gasteiger partial charge in [-0.1, -0.05) is 71.7 Å². The van der Waals surface area contributed by atoms with Gasteiger partial charge >= 0.3 is 0 Å². The van der Waals surface area contributed by atoms with Crippen molar-refractivity contribution in [1.82, 2.24) is 10.2 Å². The van der Waals surface area contributed by atoms with Gasteiger partial charge in [0.05, 0.1) is 15.8 Å². The Morgan fingerprint density at radius 3 is 2.22 bits per heavy atom. The van der Waals surface area contributed by atoms with Crippen LogP contribution in [0.5, 0.6) is 0 Å². The molecule has 0 aromatic heterocycles. The van der Waals surface area contributed by atoms with Crippen LogP contribution in [0.1, 0.15) is 30.5 Å². The highest BCUT2D eigenvalue weighted by atomic mass is 35.5. The Kier molecular flexibility index (Phi) is 10.7. The summed E-state index contributed by atoms with van der Waals surface area (Å²) >= 11 is 13.5. The van der Waals surface area contributed by atoms with E-state index in [-0.39, 0.29) is 36.0 Å². The van der Waals surface area contributed by atoms with E-state index in [9.17, 15) is 14.0 Å². The molecule has 1 atom stereocenters. The molecule has 1 N–H and O–H groups in total. The van der Waals surface area contributed by atoms with Crippen LogP contribution < -0.4 is 5.32 Å². The smallest absolute Gasteiger partial charge is 0.243 e. The normalized spacial score (nSPS) is 11.8. The second-order valence-electron chi connectivity index (χ2n) is 8.76. The van der Waals surface area contributed by atoms with Crippen LogP contribution in [0.2, 0.25) is 10.0 Å². The van der Waals surface area contributed by atoms with Crippen LogP contribution in [0.25, 0.3) is 0 Å². The maximum absolute atomic E-state index is 13.6. The van der Waals surface area contributed by atoms with Gasteiger partial charge in [-0.25, -0.2) is 4.39 Å². The van der Waals surface area contributed by atoms with Gasteiger partial charge in [0.2, 0.25) is 11.8 Å². The Balaban J connectivity index is 1.83. The first-order valence-electron chi connectivity index (χ1n) is 11.6. The highest BCUT2D eigenvalue weighted by Gasteiger charge is 2.30. The molecule has 3 rings (SSSR count). The highest BCUT2D eigenvalue weighted by molar-refractivity contribution is 7.99. The van der Waals surface area contributed by atoms with Crippen molar-refractivity contribution in [1.29, 1.82) is 0 Å². The zero-order chi connectivity index (χ0) is 26.1. The van der Waals surface area contributed by atoms with Crippen LogP contribution >= 0.6 is 35.0 Å². The number of amides is 2. The quantitative estimate of drug-likeness (QED) is 0.297. The zero-order valence-corrected chi connectivity index (χ0v) is 22.5. The van der Waals surface area contributed by atoms with E-state index >= 15 is 0 Å². The number of thioether (sulfide) groups is 1. The maximum atomic E-state index is 13.6. The molecule has 4 nitrogen and oxygen atoms in total. The monoisotopic (exact) mass is 546 g/mol. The average molecular weight is 548 g/mol. The number of nitrogens with one attached hydrogen (secondary N) is 1. The Bertz CT molecular complexity index is 1160. The summed E-state index contributed by atoms with van der Waals surface area (Å²) in [5.41, 5.74) is 2.64. The second kappa shape index (κ2) is 13.7. The largest absolute Gasteiger partial charge is 0.352 e. The first-order valence-corrected chi connectivity index (χ1v) is 13.5. The topological polar surface area (TPSA) is 49.4 Å². The van der Waals surface area contributed by atoms with Crippen molar-refractivity contribution in [3.63, 3.8) is 0 Å². The number of hydrogen-bond donors (Lipinski definition) is 1. The summed E-state index contributed by atoms with van der Waals surface area (Å²) in [5.74, 6) is -0.0220. The van der Waals surface area contributed by atoms with Gasteiger partial charge in [-0.3, -0.25) is 9.59 Å². The third-order valence-corrected chi connectivity index (χ3v) is 7.17. The molecule has 3 aromatic carbocycles. The number of rotatable bonds is 11. The average Bonchev–Trinajstić information content (AvgIpc) is 2.84. The summed E-state index contributed by atoms with van der Waals surface area (Å²) < 4.78 is 13.5. The molecule has 8 heteroatoms. The fourth-order valence-electron chi connectivity index (χ4n) is 3.69. The minimum absolute atomic E-state index is 0.0809. The predicted octanol–water partition coefficient (Wildman–Crippen LogP) is 6.53. The molecule has 0 aliphatic rings. The fourth-order valence-corrected chi connectivity index (χ4v) is 4.87. The lowest BCUT2D eigenvalue weighted by Gasteiger charge is -2.32. The molecule has 0 aliphatic carbocycles. The van der Waals surface area contributed by atoms with Crippen LogP contribution in [0.3, 0.4) is 0 Å². The van der Waals surface area contributed by atoms with E-state index in [1.807, 2.05) is 50.2 Å². The number of carbonyl (C=O) groups is 2. The van der Waals surface area contributed by atoms with Gasteiger partial charge in [-0.2, -0.15) is 0 Å². The van der Waals surface area contributed by atoms with Crippen LogP contribution in [-0.4, -0.2) is 34.6 Å². The fraction of sp³-hybridized carbons (Fsp3) is 0.286. The maximum Gasteiger partial charge on any atom is 0.243 e. The first kappa shape index (κ1) is 28.0. The minimum Gasteiger partial charge on any atom is -0.352 e. The van der Waals surface area contributed by atoms with E-state index in [0.717, 1.165) is 16.7 Å². The molecule has 0 fully saturated rings. The molecule has 0 aliphatic heterocycles. The van der Waals surface area contributed by atoms with Crippen molar-refractivity contribution in [3.05, 3.63) is 105 Å². The first-order chi connectivity index (χ1) is 17.2. The van der Waals surface area contributed by atoms with Crippen molar-refractivity contribution >= 4 is 46.8 Å². The SMILES string of the molecule is CC(C)NC(=O)C(Cc1ccccc1)N(Cc1ccc(F)cc1)C(=O)CSCc1ccc(Cl)c(Cl)c1. The molecule has 3 aromatic rings. The molecule has 1 unspecified atom stereocenters. The predicted molar refractivity (Wildman–Crippen MR) is 147 cm³/mol. The minimum atomic E-state index is -0.724. The lowest BCUT2D eigenvalue weighted by atomic mass is 10.0. The molecule has 0 radical (unpaired) electrons. The Labute approximate surface area is 226 Å². The van der Waals surface area contributed by atoms with Crippen LogP contribution in [0.4, 0.5) is 4.39 Å². The molecule has 0 heterocycles. The van der Waals surface area contributed by atoms with Crippen LogP contribution in [0, 0.1) is 5.82 Å². The van der Waals surface area contributed by atoms with Crippen LogP contribution in [0.15, 0.2) is 72.8 Å². The zero-order valence-electron chi connectivity index (χ0n) is 20.2. The Morgan fingerprint density at radius 2 is 1.58 bits per heavy atom. The lowest BCUT2D eigenvalue weighted by molar-refractivity contribution is -0.139. The molecular weight excluding hydrogens is 518 g/mol. The molecular formula is C28H29Cl2FN2O2S. The summed E-state index contributed by atoms with van der Waals surface area (Å²) in [6.45, 7) is 3.96. The molecule has 0 spiro atoms. The molecule has 2 amide bonds. The Morgan fingerprint density at radius 1 is 0.917 bits per heavy atom. The van der Waals surface area contributed by atoms with Crippen molar-refractivity contribution < 1.29 is 14.0 Å².